The Morgan fingerprint density at radius 1 is 1.26 bits per heavy atom. The van der Waals surface area contributed by atoms with E-state index in [1.807, 2.05) is 41.1 Å². The Morgan fingerprint density at radius 2 is 2.11 bits per heavy atom. The van der Waals surface area contributed by atoms with Crippen LogP contribution in [0.4, 0.5) is 5.69 Å². The number of rotatable bonds is 4. The van der Waals surface area contributed by atoms with Gasteiger partial charge in [-0.1, -0.05) is 18.2 Å². The maximum Gasteiger partial charge on any atom is 0.346 e. The molecule has 96 valence electrons. The molecular formula is C14H11NO2S2. The van der Waals surface area contributed by atoms with E-state index in [0.717, 1.165) is 21.3 Å². The molecule has 3 aromatic rings. The van der Waals surface area contributed by atoms with Crippen molar-refractivity contribution in [2.45, 2.75) is 6.54 Å². The molecule has 0 aliphatic rings. The summed E-state index contributed by atoms with van der Waals surface area (Å²) in [5, 5.41) is 17.6. The topological polar surface area (TPSA) is 49.3 Å². The van der Waals surface area contributed by atoms with Crippen LogP contribution in [0.1, 0.15) is 15.2 Å². The molecule has 0 spiro atoms. The fourth-order valence-electron chi connectivity index (χ4n) is 2.00. The lowest BCUT2D eigenvalue weighted by molar-refractivity contribution is 0.0701. The first-order valence-corrected chi connectivity index (χ1v) is 7.51. The Morgan fingerprint density at radius 3 is 2.84 bits per heavy atom. The molecule has 0 fully saturated rings. The standard InChI is InChI=1S/C14H11NO2S2/c16-14(17)13-11(7-15-9-5-6-18-8-9)10-3-1-2-4-12(10)19-13/h1-6,8,15H,7H2,(H,16,17). The minimum atomic E-state index is -0.858. The highest BCUT2D eigenvalue weighted by atomic mass is 32.1. The SMILES string of the molecule is O=C(O)c1sc2ccccc2c1CNc1ccsc1. The molecule has 0 radical (unpaired) electrons. The Hall–Kier alpha value is -1.85. The molecule has 0 aliphatic heterocycles. The molecule has 0 unspecified atom stereocenters. The molecule has 1 aromatic carbocycles. The predicted octanol–water partition coefficient (Wildman–Crippen LogP) is 4.27. The Bertz CT molecular complexity index is 716. The van der Waals surface area contributed by atoms with Crippen LogP contribution >= 0.6 is 22.7 Å². The molecule has 2 aromatic heterocycles. The molecule has 3 nitrogen and oxygen atoms in total. The molecule has 19 heavy (non-hydrogen) atoms. The van der Waals surface area contributed by atoms with E-state index in [2.05, 4.69) is 5.32 Å². The summed E-state index contributed by atoms with van der Waals surface area (Å²) < 4.78 is 1.02. The average molecular weight is 289 g/mol. The van der Waals surface area contributed by atoms with Crippen LogP contribution in [0.2, 0.25) is 0 Å². The third-order valence-corrected chi connectivity index (χ3v) is 4.77. The van der Waals surface area contributed by atoms with Crippen molar-refractivity contribution in [3.8, 4) is 0 Å². The maximum absolute atomic E-state index is 11.3. The second kappa shape index (κ2) is 5.03. The number of hydrogen-bond acceptors (Lipinski definition) is 4. The number of carboxylic acids is 1. The van der Waals surface area contributed by atoms with Crippen LogP contribution in [0.15, 0.2) is 41.1 Å². The lowest BCUT2D eigenvalue weighted by Gasteiger charge is -2.04. The first-order chi connectivity index (χ1) is 9.25. The van der Waals surface area contributed by atoms with Crippen molar-refractivity contribution in [3.63, 3.8) is 0 Å². The van der Waals surface area contributed by atoms with Crippen LogP contribution in [0.3, 0.4) is 0 Å². The molecule has 2 N–H and O–H groups in total. The number of hydrogen-bond donors (Lipinski definition) is 2. The van der Waals surface area contributed by atoms with Gasteiger partial charge in [0.2, 0.25) is 0 Å². The molecule has 0 saturated heterocycles. The van der Waals surface area contributed by atoms with Crippen LogP contribution in [-0.4, -0.2) is 11.1 Å². The van der Waals surface area contributed by atoms with Crippen LogP contribution in [-0.2, 0) is 6.54 Å². The number of fused-ring (bicyclic) bond motifs is 1. The zero-order valence-electron chi connectivity index (χ0n) is 9.92. The van der Waals surface area contributed by atoms with E-state index < -0.39 is 5.97 Å². The number of aromatic carboxylic acids is 1. The van der Waals surface area contributed by atoms with Gasteiger partial charge in [-0.3, -0.25) is 0 Å². The minimum absolute atomic E-state index is 0.420. The van der Waals surface area contributed by atoms with E-state index in [0.29, 0.717) is 11.4 Å². The Kier molecular flexibility index (Phi) is 3.23. The van der Waals surface area contributed by atoms with E-state index in [1.165, 1.54) is 11.3 Å². The first-order valence-electron chi connectivity index (χ1n) is 5.75. The summed E-state index contributed by atoms with van der Waals surface area (Å²) in [5.41, 5.74) is 1.89. The maximum atomic E-state index is 11.3. The van der Waals surface area contributed by atoms with E-state index in [9.17, 15) is 9.90 Å². The molecular weight excluding hydrogens is 278 g/mol. The molecule has 0 amide bonds. The van der Waals surface area contributed by atoms with E-state index >= 15 is 0 Å². The summed E-state index contributed by atoms with van der Waals surface area (Å²) in [6.07, 6.45) is 0. The van der Waals surface area contributed by atoms with Crippen LogP contribution in [0, 0.1) is 0 Å². The van der Waals surface area contributed by atoms with Crippen molar-refractivity contribution < 1.29 is 9.90 Å². The lowest BCUT2D eigenvalue weighted by Crippen LogP contribution is -2.03. The van der Waals surface area contributed by atoms with Crippen molar-refractivity contribution in [1.82, 2.24) is 0 Å². The smallest absolute Gasteiger partial charge is 0.346 e. The molecule has 2 heterocycles. The van der Waals surface area contributed by atoms with Crippen molar-refractivity contribution in [2.24, 2.45) is 0 Å². The molecule has 5 heteroatoms. The first kappa shape index (κ1) is 12.2. The fourth-order valence-corrected chi connectivity index (χ4v) is 3.68. The number of nitrogens with one attached hydrogen (secondary N) is 1. The van der Waals surface area contributed by atoms with Gasteiger partial charge in [-0.15, -0.1) is 11.3 Å². The van der Waals surface area contributed by atoms with Crippen LogP contribution in [0.25, 0.3) is 10.1 Å². The van der Waals surface area contributed by atoms with E-state index in [4.69, 9.17) is 0 Å². The largest absolute Gasteiger partial charge is 0.477 e. The fraction of sp³-hybridized carbons (Fsp3) is 0.0714. The highest BCUT2D eigenvalue weighted by Gasteiger charge is 2.17. The third kappa shape index (κ3) is 2.34. The van der Waals surface area contributed by atoms with Gasteiger partial charge in [0, 0.05) is 27.9 Å². The van der Waals surface area contributed by atoms with E-state index in [1.54, 1.807) is 11.3 Å². The van der Waals surface area contributed by atoms with Gasteiger partial charge in [0.05, 0.1) is 0 Å². The molecule has 3 rings (SSSR count). The van der Waals surface area contributed by atoms with Gasteiger partial charge >= 0.3 is 5.97 Å². The van der Waals surface area contributed by atoms with Crippen LogP contribution < -0.4 is 5.32 Å². The van der Waals surface area contributed by atoms with Gasteiger partial charge in [0.25, 0.3) is 0 Å². The van der Waals surface area contributed by atoms with E-state index in [-0.39, 0.29) is 0 Å². The second-order valence-electron chi connectivity index (χ2n) is 4.08. The summed E-state index contributed by atoms with van der Waals surface area (Å²) in [7, 11) is 0. The lowest BCUT2D eigenvalue weighted by atomic mass is 10.1. The zero-order chi connectivity index (χ0) is 13.2. The van der Waals surface area contributed by atoms with Gasteiger partial charge in [-0.25, -0.2) is 4.79 Å². The van der Waals surface area contributed by atoms with Crippen molar-refractivity contribution >= 4 is 44.4 Å². The highest BCUT2D eigenvalue weighted by Crippen LogP contribution is 2.32. The van der Waals surface area contributed by atoms with Gasteiger partial charge in [0.15, 0.2) is 0 Å². The quantitative estimate of drug-likeness (QED) is 0.754. The summed E-state index contributed by atoms with van der Waals surface area (Å²) in [6.45, 7) is 0.530. The highest BCUT2D eigenvalue weighted by molar-refractivity contribution is 7.21. The van der Waals surface area contributed by atoms with Crippen molar-refractivity contribution in [1.29, 1.82) is 0 Å². The average Bonchev–Trinajstić information content (AvgIpc) is 3.03. The minimum Gasteiger partial charge on any atom is -0.477 e. The second-order valence-corrected chi connectivity index (χ2v) is 5.91. The molecule has 0 aliphatic carbocycles. The van der Waals surface area contributed by atoms with Crippen LogP contribution in [0.5, 0.6) is 0 Å². The summed E-state index contributed by atoms with van der Waals surface area (Å²) >= 11 is 2.95. The third-order valence-electron chi connectivity index (χ3n) is 2.88. The zero-order valence-corrected chi connectivity index (χ0v) is 11.6. The Balaban J connectivity index is 2.00. The normalized spacial score (nSPS) is 10.7. The van der Waals surface area contributed by atoms with Crippen molar-refractivity contribution in [3.05, 3.63) is 51.5 Å². The van der Waals surface area contributed by atoms with Crippen molar-refractivity contribution in [2.75, 3.05) is 5.32 Å². The number of anilines is 1. The van der Waals surface area contributed by atoms with Gasteiger partial charge in [-0.2, -0.15) is 11.3 Å². The number of carbonyl (C=O) groups is 1. The number of thiophene rings is 2. The summed E-state index contributed by atoms with van der Waals surface area (Å²) in [5.74, 6) is -0.858. The summed E-state index contributed by atoms with van der Waals surface area (Å²) in [4.78, 5) is 11.8. The monoisotopic (exact) mass is 289 g/mol. The molecule has 0 saturated carbocycles. The molecule has 0 atom stereocenters. The molecule has 0 bridgehead atoms. The van der Waals surface area contributed by atoms with Gasteiger partial charge in [-0.05, 0) is 22.9 Å². The number of benzene rings is 1. The summed E-state index contributed by atoms with van der Waals surface area (Å²) in [6, 6.07) is 9.79. The van der Waals surface area contributed by atoms with Gasteiger partial charge < -0.3 is 10.4 Å². The van der Waals surface area contributed by atoms with Gasteiger partial charge in [0.1, 0.15) is 4.88 Å². The Labute approximate surface area is 118 Å². The number of carboxylic acid groups (broad SMARTS) is 1. The predicted molar refractivity (Wildman–Crippen MR) is 80.4 cm³/mol.